The van der Waals surface area contributed by atoms with Gasteiger partial charge in [0.1, 0.15) is 10.7 Å². The molecular formula is C13H20ClN3O3S. The third kappa shape index (κ3) is 3.85. The minimum Gasteiger partial charge on any atom is -0.392 e. The zero-order chi connectivity index (χ0) is 15.5. The van der Waals surface area contributed by atoms with Gasteiger partial charge in [-0.05, 0) is 25.3 Å². The van der Waals surface area contributed by atoms with E-state index in [0.29, 0.717) is 25.2 Å². The lowest BCUT2D eigenvalue weighted by atomic mass is 10.1. The van der Waals surface area contributed by atoms with Crippen LogP contribution in [0.3, 0.4) is 0 Å². The molecule has 0 radical (unpaired) electrons. The minimum absolute atomic E-state index is 0.0589. The lowest BCUT2D eigenvalue weighted by molar-refractivity contribution is 0.108. The second-order valence-corrected chi connectivity index (χ2v) is 7.43. The average Bonchev–Trinajstić information content (AvgIpc) is 2.46. The number of nitrogens with zero attached hydrogens (tertiary/aromatic N) is 2. The second kappa shape index (κ2) is 6.91. The molecule has 2 N–H and O–H groups in total. The van der Waals surface area contributed by atoms with Crippen molar-refractivity contribution in [3.8, 4) is 0 Å². The number of halogens is 1. The van der Waals surface area contributed by atoms with Gasteiger partial charge in [-0.3, -0.25) is 0 Å². The van der Waals surface area contributed by atoms with Gasteiger partial charge in [0.25, 0.3) is 0 Å². The van der Waals surface area contributed by atoms with Gasteiger partial charge in [-0.15, -0.1) is 0 Å². The number of β-amino-alcohol motifs (C(OH)–C–C–N with tert-alkyl or cyclic N) is 1. The molecule has 1 aromatic heterocycles. The smallest absolute Gasteiger partial charge is 0.244 e. The molecule has 1 atom stereocenters. The van der Waals surface area contributed by atoms with Gasteiger partial charge in [-0.25, -0.2) is 13.4 Å². The van der Waals surface area contributed by atoms with Crippen LogP contribution in [0.4, 0.5) is 5.82 Å². The number of piperidine rings is 1. The van der Waals surface area contributed by atoms with E-state index in [1.165, 1.54) is 16.6 Å². The number of aliphatic hydroxyl groups excluding tert-OH is 1. The fourth-order valence-electron chi connectivity index (χ4n) is 2.22. The van der Waals surface area contributed by atoms with Crippen LogP contribution in [0.25, 0.3) is 0 Å². The Morgan fingerprint density at radius 2 is 2.33 bits per heavy atom. The molecule has 0 spiro atoms. The summed E-state index contributed by atoms with van der Waals surface area (Å²) >= 11 is 6.08. The van der Waals surface area contributed by atoms with Crippen LogP contribution in [0.2, 0.25) is 5.02 Å². The first-order chi connectivity index (χ1) is 9.95. The van der Waals surface area contributed by atoms with Gasteiger partial charge in [0.2, 0.25) is 10.0 Å². The van der Waals surface area contributed by atoms with E-state index in [4.69, 9.17) is 11.6 Å². The number of pyridine rings is 1. The number of aliphatic hydroxyl groups is 1. The Bertz CT molecular complexity index is 594. The first-order valence-electron chi connectivity index (χ1n) is 7.02. The van der Waals surface area contributed by atoms with Gasteiger partial charge in [-0.2, -0.15) is 4.31 Å². The van der Waals surface area contributed by atoms with E-state index in [1.54, 1.807) is 0 Å². The standard InChI is InChI=1S/C13H20ClN3O3S/c1-2-5-15-13-12(14)7-11(8-16-13)21(19,20)17-6-3-4-10(18)9-17/h7-8,10,18H,2-6,9H2,1H3,(H,15,16). The Morgan fingerprint density at radius 3 is 2.95 bits per heavy atom. The van der Waals surface area contributed by atoms with Crippen molar-refractivity contribution in [1.29, 1.82) is 0 Å². The molecule has 0 aromatic carbocycles. The lowest BCUT2D eigenvalue weighted by Gasteiger charge is -2.29. The summed E-state index contributed by atoms with van der Waals surface area (Å²) in [5.74, 6) is 0.483. The number of aromatic nitrogens is 1. The monoisotopic (exact) mass is 333 g/mol. The summed E-state index contributed by atoms with van der Waals surface area (Å²) in [6.07, 6.45) is 2.90. The Morgan fingerprint density at radius 1 is 1.57 bits per heavy atom. The zero-order valence-corrected chi connectivity index (χ0v) is 13.5. The van der Waals surface area contributed by atoms with Crippen molar-refractivity contribution >= 4 is 27.4 Å². The fourth-order valence-corrected chi connectivity index (χ4v) is 4.01. The summed E-state index contributed by atoms with van der Waals surface area (Å²) in [6.45, 7) is 3.27. The lowest BCUT2D eigenvalue weighted by Crippen LogP contribution is -2.42. The summed E-state index contributed by atoms with van der Waals surface area (Å²) in [6, 6.07) is 1.41. The van der Waals surface area contributed by atoms with Crippen LogP contribution in [0.1, 0.15) is 26.2 Å². The van der Waals surface area contributed by atoms with E-state index in [2.05, 4.69) is 10.3 Å². The Balaban J connectivity index is 2.22. The number of hydrogen-bond acceptors (Lipinski definition) is 5. The molecule has 0 bridgehead atoms. The highest BCUT2D eigenvalue weighted by Crippen LogP contribution is 2.26. The molecule has 1 unspecified atom stereocenters. The van der Waals surface area contributed by atoms with Gasteiger partial charge < -0.3 is 10.4 Å². The number of sulfonamides is 1. The molecule has 2 rings (SSSR count). The van der Waals surface area contributed by atoms with Crippen molar-refractivity contribution in [3.63, 3.8) is 0 Å². The Hall–Kier alpha value is -0.890. The van der Waals surface area contributed by atoms with Crippen LogP contribution in [-0.2, 0) is 10.0 Å². The van der Waals surface area contributed by atoms with Crippen LogP contribution < -0.4 is 5.32 Å². The third-order valence-electron chi connectivity index (χ3n) is 3.36. The van der Waals surface area contributed by atoms with Crippen molar-refractivity contribution in [1.82, 2.24) is 9.29 Å². The summed E-state index contributed by atoms with van der Waals surface area (Å²) in [5.41, 5.74) is 0. The Labute approximate surface area is 130 Å². The number of anilines is 1. The predicted molar refractivity (Wildman–Crippen MR) is 82.0 cm³/mol. The number of nitrogens with one attached hydrogen (secondary N) is 1. The third-order valence-corrected chi connectivity index (χ3v) is 5.47. The summed E-state index contributed by atoms with van der Waals surface area (Å²) in [4.78, 5) is 4.14. The van der Waals surface area contributed by atoms with Crippen molar-refractivity contribution < 1.29 is 13.5 Å². The molecule has 6 nitrogen and oxygen atoms in total. The van der Waals surface area contributed by atoms with Crippen LogP contribution in [-0.4, -0.2) is 48.6 Å². The molecule has 118 valence electrons. The molecule has 2 heterocycles. The van der Waals surface area contributed by atoms with E-state index < -0.39 is 16.1 Å². The van der Waals surface area contributed by atoms with E-state index in [1.807, 2.05) is 6.92 Å². The van der Waals surface area contributed by atoms with Crippen LogP contribution >= 0.6 is 11.6 Å². The first-order valence-corrected chi connectivity index (χ1v) is 8.84. The normalized spacial score (nSPS) is 20.4. The van der Waals surface area contributed by atoms with Gasteiger partial charge in [-0.1, -0.05) is 18.5 Å². The highest BCUT2D eigenvalue weighted by atomic mass is 35.5. The minimum atomic E-state index is -3.66. The van der Waals surface area contributed by atoms with E-state index in [0.717, 1.165) is 13.0 Å². The summed E-state index contributed by atoms with van der Waals surface area (Å²) in [7, 11) is -3.66. The molecule has 21 heavy (non-hydrogen) atoms. The molecule has 1 fully saturated rings. The maximum Gasteiger partial charge on any atom is 0.244 e. The highest BCUT2D eigenvalue weighted by molar-refractivity contribution is 7.89. The largest absolute Gasteiger partial charge is 0.392 e. The number of hydrogen-bond donors (Lipinski definition) is 2. The highest BCUT2D eigenvalue weighted by Gasteiger charge is 2.30. The second-order valence-electron chi connectivity index (χ2n) is 5.09. The maximum absolute atomic E-state index is 12.5. The quantitative estimate of drug-likeness (QED) is 0.857. The van der Waals surface area contributed by atoms with Crippen molar-refractivity contribution in [2.45, 2.75) is 37.2 Å². The molecule has 1 aromatic rings. The predicted octanol–water partition coefficient (Wildman–Crippen LogP) is 1.70. The van der Waals surface area contributed by atoms with Crippen molar-refractivity contribution in [3.05, 3.63) is 17.3 Å². The molecule has 1 aliphatic heterocycles. The Kier molecular flexibility index (Phi) is 5.43. The topological polar surface area (TPSA) is 82.5 Å². The number of rotatable bonds is 5. The molecule has 0 amide bonds. The summed E-state index contributed by atoms with van der Waals surface area (Å²) < 4.78 is 26.3. The molecule has 0 aliphatic carbocycles. The van der Waals surface area contributed by atoms with Gasteiger partial charge >= 0.3 is 0 Å². The zero-order valence-electron chi connectivity index (χ0n) is 11.9. The van der Waals surface area contributed by atoms with Crippen molar-refractivity contribution in [2.24, 2.45) is 0 Å². The van der Waals surface area contributed by atoms with E-state index >= 15 is 0 Å². The van der Waals surface area contributed by atoms with Gasteiger partial charge in [0.15, 0.2) is 0 Å². The van der Waals surface area contributed by atoms with Gasteiger partial charge in [0, 0.05) is 25.8 Å². The first kappa shape index (κ1) is 16.5. The summed E-state index contributed by atoms with van der Waals surface area (Å²) in [5, 5.41) is 12.9. The fraction of sp³-hybridized carbons (Fsp3) is 0.615. The van der Waals surface area contributed by atoms with Crippen LogP contribution in [0, 0.1) is 0 Å². The molecule has 8 heteroatoms. The van der Waals surface area contributed by atoms with E-state index in [-0.39, 0.29) is 16.5 Å². The van der Waals surface area contributed by atoms with Crippen molar-refractivity contribution in [2.75, 3.05) is 25.0 Å². The molecular weight excluding hydrogens is 314 g/mol. The molecule has 0 saturated carbocycles. The van der Waals surface area contributed by atoms with Crippen LogP contribution in [0.5, 0.6) is 0 Å². The average molecular weight is 334 g/mol. The molecule has 1 saturated heterocycles. The van der Waals surface area contributed by atoms with Crippen LogP contribution in [0.15, 0.2) is 17.2 Å². The SMILES string of the molecule is CCCNc1ncc(S(=O)(=O)N2CCCC(O)C2)cc1Cl. The molecule has 1 aliphatic rings. The maximum atomic E-state index is 12.5. The van der Waals surface area contributed by atoms with E-state index in [9.17, 15) is 13.5 Å². The van der Waals surface area contributed by atoms with Gasteiger partial charge in [0.05, 0.1) is 11.1 Å².